The van der Waals surface area contributed by atoms with Gasteiger partial charge >= 0.3 is 0 Å². The number of hydrogen-bond donors (Lipinski definition) is 3. The highest BCUT2D eigenvalue weighted by molar-refractivity contribution is 7.12. The molecule has 7 heteroatoms. The first-order valence-corrected chi connectivity index (χ1v) is 9.74. The van der Waals surface area contributed by atoms with Gasteiger partial charge in [-0.2, -0.15) is 0 Å². The number of nitrogens with one attached hydrogen (secondary N) is 3. The summed E-state index contributed by atoms with van der Waals surface area (Å²) in [5.74, 6) is 0.364. The van der Waals surface area contributed by atoms with Gasteiger partial charge in [-0.3, -0.25) is 9.59 Å². The summed E-state index contributed by atoms with van der Waals surface area (Å²) in [6.45, 7) is 0.273. The molecule has 4 rings (SSSR count). The predicted molar refractivity (Wildman–Crippen MR) is 111 cm³/mol. The number of hydrogen-bond acceptors (Lipinski definition) is 4. The van der Waals surface area contributed by atoms with E-state index in [0.717, 1.165) is 16.6 Å². The molecule has 0 radical (unpaired) electrons. The second-order valence-corrected chi connectivity index (χ2v) is 7.13. The van der Waals surface area contributed by atoms with Crippen molar-refractivity contribution in [1.29, 1.82) is 0 Å². The molecule has 2 aromatic heterocycles. The summed E-state index contributed by atoms with van der Waals surface area (Å²) in [5.41, 5.74) is 3.30. The summed E-state index contributed by atoms with van der Waals surface area (Å²) in [5, 5.41) is 7.52. The number of amides is 2. The number of para-hydroxylation sites is 3. The van der Waals surface area contributed by atoms with Crippen molar-refractivity contribution in [3.05, 3.63) is 70.9 Å². The van der Waals surface area contributed by atoms with E-state index in [0.29, 0.717) is 16.4 Å². The molecule has 28 heavy (non-hydrogen) atoms. The third-order valence-electron chi connectivity index (χ3n) is 4.23. The van der Waals surface area contributed by atoms with Gasteiger partial charge in [0.05, 0.1) is 21.6 Å². The molecule has 0 aliphatic rings. The fraction of sp³-hybridized carbons (Fsp3) is 0.0952. The molecule has 0 bridgehead atoms. The summed E-state index contributed by atoms with van der Waals surface area (Å²) >= 11 is 1.37. The summed E-state index contributed by atoms with van der Waals surface area (Å²) in [6, 6.07) is 18.9. The minimum absolute atomic E-state index is 0.162. The van der Waals surface area contributed by atoms with Crippen LogP contribution in [0.15, 0.2) is 66.0 Å². The van der Waals surface area contributed by atoms with Crippen LogP contribution in [0.3, 0.4) is 0 Å². The lowest BCUT2D eigenvalue weighted by Gasteiger charge is -2.10. The molecule has 2 aromatic carbocycles. The molecule has 0 aliphatic heterocycles. The number of fused-ring (bicyclic) bond motifs is 1. The fourth-order valence-electron chi connectivity index (χ4n) is 2.88. The lowest BCUT2D eigenvalue weighted by atomic mass is 10.1. The SMILES string of the molecule is O=C(CCNC(=O)c1cccs1)Nc1ccccc1-c1nc2ccccc2[nH]1. The molecule has 0 spiro atoms. The Morgan fingerprint density at radius 1 is 1.00 bits per heavy atom. The number of aromatic amines is 1. The Balaban J connectivity index is 1.42. The Labute approximate surface area is 165 Å². The number of carbonyl (C=O) groups excluding carboxylic acids is 2. The molecule has 6 nitrogen and oxygen atoms in total. The molecule has 0 fully saturated rings. The van der Waals surface area contributed by atoms with Crippen molar-refractivity contribution in [2.75, 3.05) is 11.9 Å². The number of thiophene rings is 1. The van der Waals surface area contributed by atoms with Crippen LogP contribution in [0, 0.1) is 0 Å². The van der Waals surface area contributed by atoms with Crippen molar-refractivity contribution in [3.63, 3.8) is 0 Å². The maximum Gasteiger partial charge on any atom is 0.261 e. The molecule has 2 heterocycles. The number of rotatable bonds is 6. The van der Waals surface area contributed by atoms with Crippen LogP contribution in [0.2, 0.25) is 0 Å². The molecule has 0 aliphatic carbocycles. The number of nitrogens with zero attached hydrogens (tertiary/aromatic N) is 1. The van der Waals surface area contributed by atoms with Crippen LogP contribution in [0.4, 0.5) is 5.69 Å². The molecule has 0 atom stereocenters. The Morgan fingerprint density at radius 2 is 1.82 bits per heavy atom. The molecule has 0 unspecified atom stereocenters. The third-order valence-corrected chi connectivity index (χ3v) is 5.10. The minimum atomic E-state index is -0.171. The quantitative estimate of drug-likeness (QED) is 0.464. The van der Waals surface area contributed by atoms with Gasteiger partial charge in [0.25, 0.3) is 5.91 Å². The average molecular weight is 390 g/mol. The average Bonchev–Trinajstić information content (AvgIpc) is 3.38. The van der Waals surface area contributed by atoms with Gasteiger partial charge in [-0.25, -0.2) is 4.98 Å². The Bertz CT molecular complexity index is 1090. The number of aromatic nitrogens is 2. The summed E-state index contributed by atoms with van der Waals surface area (Å²) in [6.07, 6.45) is 0.186. The van der Waals surface area contributed by atoms with E-state index < -0.39 is 0 Å². The van der Waals surface area contributed by atoms with Crippen LogP contribution in [-0.2, 0) is 4.79 Å². The molecule has 0 saturated heterocycles. The second kappa shape index (κ2) is 8.06. The highest BCUT2D eigenvalue weighted by atomic mass is 32.1. The van der Waals surface area contributed by atoms with Gasteiger partial charge in [-0.1, -0.05) is 30.3 Å². The van der Waals surface area contributed by atoms with Crippen LogP contribution < -0.4 is 10.6 Å². The van der Waals surface area contributed by atoms with Crippen LogP contribution in [0.1, 0.15) is 16.1 Å². The number of carbonyl (C=O) groups is 2. The summed E-state index contributed by atoms with van der Waals surface area (Å²) in [4.78, 5) is 32.8. The highest BCUT2D eigenvalue weighted by Crippen LogP contribution is 2.27. The predicted octanol–water partition coefficient (Wildman–Crippen LogP) is 4.05. The van der Waals surface area contributed by atoms with Gasteiger partial charge in [0.1, 0.15) is 5.82 Å². The molecule has 0 saturated carbocycles. The number of benzene rings is 2. The molecular weight excluding hydrogens is 372 g/mol. The topological polar surface area (TPSA) is 86.9 Å². The monoisotopic (exact) mass is 390 g/mol. The number of anilines is 1. The van der Waals surface area contributed by atoms with Crippen molar-refractivity contribution in [2.24, 2.45) is 0 Å². The summed E-state index contributed by atoms with van der Waals surface area (Å²) < 4.78 is 0. The maximum atomic E-state index is 12.3. The Kier molecular flexibility index (Phi) is 5.16. The Morgan fingerprint density at radius 3 is 2.64 bits per heavy atom. The van der Waals surface area contributed by atoms with E-state index in [4.69, 9.17) is 0 Å². The van der Waals surface area contributed by atoms with Gasteiger partial charge in [-0.05, 0) is 35.7 Å². The molecule has 4 aromatic rings. The molecular formula is C21H18N4O2S. The molecule has 2 amide bonds. The first-order valence-electron chi connectivity index (χ1n) is 8.86. The van der Waals surface area contributed by atoms with E-state index in [-0.39, 0.29) is 24.8 Å². The van der Waals surface area contributed by atoms with E-state index in [1.165, 1.54) is 11.3 Å². The van der Waals surface area contributed by atoms with Crippen molar-refractivity contribution in [2.45, 2.75) is 6.42 Å². The minimum Gasteiger partial charge on any atom is -0.351 e. The Hall–Kier alpha value is -3.45. The highest BCUT2D eigenvalue weighted by Gasteiger charge is 2.12. The van der Waals surface area contributed by atoms with E-state index in [2.05, 4.69) is 20.6 Å². The smallest absolute Gasteiger partial charge is 0.261 e. The zero-order chi connectivity index (χ0) is 19.3. The van der Waals surface area contributed by atoms with Crippen molar-refractivity contribution in [3.8, 4) is 11.4 Å². The zero-order valence-electron chi connectivity index (χ0n) is 14.9. The zero-order valence-corrected chi connectivity index (χ0v) is 15.8. The van der Waals surface area contributed by atoms with Gasteiger partial charge in [0.15, 0.2) is 0 Å². The third kappa shape index (κ3) is 3.94. The lowest BCUT2D eigenvalue weighted by molar-refractivity contribution is -0.116. The molecule has 3 N–H and O–H groups in total. The van der Waals surface area contributed by atoms with Crippen molar-refractivity contribution in [1.82, 2.24) is 15.3 Å². The maximum absolute atomic E-state index is 12.3. The van der Waals surface area contributed by atoms with E-state index in [1.807, 2.05) is 60.0 Å². The number of H-pyrrole nitrogens is 1. The second-order valence-electron chi connectivity index (χ2n) is 6.18. The fourth-order valence-corrected chi connectivity index (χ4v) is 3.52. The van der Waals surface area contributed by atoms with Crippen LogP contribution in [-0.4, -0.2) is 28.3 Å². The number of imidazole rings is 1. The van der Waals surface area contributed by atoms with Gasteiger partial charge in [0.2, 0.25) is 5.91 Å². The van der Waals surface area contributed by atoms with E-state index in [1.54, 1.807) is 6.07 Å². The van der Waals surface area contributed by atoms with Gasteiger partial charge in [0, 0.05) is 18.5 Å². The lowest BCUT2D eigenvalue weighted by Crippen LogP contribution is -2.27. The van der Waals surface area contributed by atoms with E-state index >= 15 is 0 Å². The molecule has 140 valence electrons. The van der Waals surface area contributed by atoms with Crippen LogP contribution >= 0.6 is 11.3 Å². The largest absolute Gasteiger partial charge is 0.351 e. The standard InChI is InChI=1S/C21H18N4O2S/c26-19(11-12-22-21(27)18-10-5-13-28-18)23-15-7-2-1-6-14(15)20-24-16-8-3-4-9-17(16)25-20/h1-10,13H,11-12H2,(H,22,27)(H,23,26)(H,24,25). The van der Waals surface area contributed by atoms with E-state index in [9.17, 15) is 9.59 Å². The van der Waals surface area contributed by atoms with Crippen molar-refractivity contribution < 1.29 is 9.59 Å². The first kappa shape index (κ1) is 17.9. The van der Waals surface area contributed by atoms with Crippen molar-refractivity contribution >= 4 is 39.9 Å². The van der Waals surface area contributed by atoms with Crippen LogP contribution in [0.5, 0.6) is 0 Å². The first-order chi connectivity index (χ1) is 13.7. The van der Waals surface area contributed by atoms with Crippen LogP contribution in [0.25, 0.3) is 22.4 Å². The normalized spacial score (nSPS) is 10.7. The summed E-state index contributed by atoms with van der Waals surface area (Å²) in [7, 11) is 0. The van der Waals surface area contributed by atoms with Gasteiger partial charge < -0.3 is 15.6 Å². The van der Waals surface area contributed by atoms with Gasteiger partial charge in [-0.15, -0.1) is 11.3 Å².